The van der Waals surface area contributed by atoms with E-state index in [2.05, 4.69) is 0 Å². The fourth-order valence-corrected chi connectivity index (χ4v) is 4.18. The highest BCUT2D eigenvalue weighted by molar-refractivity contribution is 6.32. The van der Waals surface area contributed by atoms with Gasteiger partial charge < -0.3 is 19.5 Å². The number of aromatic carboxylic acids is 1. The number of halogens is 1. The maximum absolute atomic E-state index is 12.2. The van der Waals surface area contributed by atoms with Crippen LogP contribution in [0.15, 0.2) is 6.07 Å². The van der Waals surface area contributed by atoms with Crippen molar-refractivity contribution in [3.05, 3.63) is 22.2 Å². The van der Waals surface area contributed by atoms with E-state index in [0.29, 0.717) is 30.2 Å². The minimum atomic E-state index is -1.05. The minimum Gasteiger partial charge on any atom is -0.478 e. The number of hydrogen-bond donors (Lipinski definition) is 1. The minimum absolute atomic E-state index is 0.0990. The molecule has 26 heavy (non-hydrogen) atoms. The topological polar surface area (TPSA) is 76.1 Å². The predicted molar refractivity (Wildman–Crippen MR) is 94.8 cm³/mol. The summed E-state index contributed by atoms with van der Waals surface area (Å²) < 4.78 is 12.2. The number of piperidine rings is 1. The fraction of sp³-hybridized carbons (Fsp3) is 0.579. The molecule has 3 aliphatic rings. The van der Waals surface area contributed by atoms with Gasteiger partial charge in [-0.1, -0.05) is 11.6 Å². The number of ether oxygens (including phenoxy) is 2. The van der Waals surface area contributed by atoms with Crippen LogP contribution in [0.5, 0.6) is 11.5 Å². The molecule has 140 valence electrons. The molecule has 0 aromatic heterocycles. The zero-order chi connectivity index (χ0) is 18.6. The molecule has 1 aromatic carbocycles. The maximum Gasteiger partial charge on any atom is 0.336 e. The van der Waals surface area contributed by atoms with Crippen LogP contribution in [0, 0.1) is 18.8 Å². The van der Waals surface area contributed by atoms with E-state index in [-0.39, 0.29) is 28.3 Å². The van der Waals surface area contributed by atoms with Gasteiger partial charge >= 0.3 is 5.97 Å². The first kappa shape index (κ1) is 17.5. The molecule has 0 unspecified atom stereocenters. The monoisotopic (exact) mass is 379 g/mol. The largest absolute Gasteiger partial charge is 0.478 e. The molecular formula is C19H22ClNO5. The van der Waals surface area contributed by atoms with Gasteiger partial charge in [-0.3, -0.25) is 4.79 Å². The number of fused-ring (bicyclic) bond motifs is 1. The second-order valence-corrected chi connectivity index (χ2v) is 8.00. The average Bonchev–Trinajstić information content (AvgIpc) is 3.39. The lowest BCUT2D eigenvalue weighted by atomic mass is 9.89. The summed E-state index contributed by atoms with van der Waals surface area (Å²) in [4.78, 5) is 25.6. The molecule has 1 N–H and O–H groups in total. The number of nitrogens with zero attached hydrogens (tertiary/aromatic N) is 1. The van der Waals surface area contributed by atoms with Crippen molar-refractivity contribution >= 4 is 23.5 Å². The predicted octanol–water partition coefficient (Wildman–Crippen LogP) is 3.48. The number of likely N-dealkylation sites (tertiary alicyclic amines) is 1. The Kier molecular flexibility index (Phi) is 4.06. The summed E-state index contributed by atoms with van der Waals surface area (Å²) in [7, 11) is 0. The van der Waals surface area contributed by atoms with Gasteiger partial charge in [-0.2, -0.15) is 0 Å². The van der Waals surface area contributed by atoms with Crippen LogP contribution in [0.3, 0.4) is 0 Å². The zero-order valence-corrected chi connectivity index (χ0v) is 15.6. The molecule has 1 aromatic rings. The van der Waals surface area contributed by atoms with Crippen LogP contribution in [0.1, 0.15) is 48.5 Å². The Morgan fingerprint density at radius 3 is 2.38 bits per heavy atom. The van der Waals surface area contributed by atoms with Crippen LogP contribution in [0.4, 0.5) is 0 Å². The summed E-state index contributed by atoms with van der Waals surface area (Å²) in [6.07, 6.45) is 3.60. The lowest BCUT2D eigenvalue weighted by molar-refractivity contribution is -0.143. The highest BCUT2D eigenvalue weighted by Crippen LogP contribution is 2.51. The molecule has 0 spiro atoms. The van der Waals surface area contributed by atoms with E-state index in [1.807, 2.05) is 11.8 Å². The first-order valence-corrected chi connectivity index (χ1v) is 9.41. The number of carboxylic acids is 1. The van der Waals surface area contributed by atoms with Gasteiger partial charge in [0.15, 0.2) is 11.5 Å². The number of benzene rings is 1. The Morgan fingerprint density at radius 1 is 1.19 bits per heavy atom. The van der Waals surface area contributed by atoms with Gasteiger partial charge in [0.2, 0.25) is 5.91 Å². The third kappa shape index (κ3) is 2.80. The fourth-order valence-electron chi connectivity index (χ4n) is 3.95. The van der Waals surface area contributed by atoms with Crippen LogP contribution < -0.4 is 9.47 Å². The van der Waals surface area contributed by atoms with Crippen LogP contribution in [0.2, 0.25) is 5.02 Å². The summed E-state index contributed by atoms with van der Waals surface area (Å²) in [5.74, 6) is -0.514. The molecule has 1 saturated heterocycles. The van der Waals surface area contributed by atoms with E-state index in [4.69, 9.17) is 21.1 Å². The van der Waals surface area contributed by atoms with Crippen LogP contribution in [-0.4, -0.2) is 40.8 Å². The molecule has 1 aliphatic carbocycles. The molecular weight excluding hydrogens is 358 g/mol. The van der Waals surface area contributed by atoms with Gasteiger partial charge in [-0.05, 0) is 38.7 Å². The second kappa shape index (κ2) is 6.05. The van der Waals surface area contributed by atoms with Gasteiger partial charge in [0.05, 0.1) is 10.6 Å². The Bertz CT molecular complexity index is 783. The van der Waals surface area contributed by atoms with Crippen LogP contribution in [0.25, 0.3) is 0 Å². The van der Waals surface area contributed by atoms with Gasteiger partial charge in [0.1, 0.15) is 0 Å². The third-order valence-corrected chi connectivity index (χ3v) is 6.03. The SMILES string of the molecule is Cc1c(C(=O)O)cc(Cl)c2c1O[C@](C)(C1CCN(C(=O)C3CC3)CC1)O2. The normalized spacial score (nSPS) is 25.4. The van der Waals surface area contributed by atoms with E-state index in [1.165, 1.54) is 6.07 Å². The molecule has 4 rings (SSSR count). The lowest BCUT2D eigenvalue weighted by Crippen LogP contribution is -2.50. The second-order valence-electron chi connectivity index (χ2n) is 7.59. The third-order valence-electron chi connectivity index (χ3n) is 5.75. The van der Waals surface area contributed by atoms with Crippen molar-refractivity contribution in [3.63, 3.8) is 0 Å². The molecule has 2 aliphatic heterocycles. The number of carboxylic acid groups (broad SMARTS) is 1. The standard InChI is InChI=1S/C19H22ClNO5/c1-10-13(18(23)24)9-14(20)16-15(10)25-19(2,26-16)12-5-7-21(8-6-12)17(22)11-3-4-11/h9,11-12H,3-8H2,1-2H3,(H,23,24)/t19-/m0/s1. The molecule has 0 radical (unpaired) electrons. The summed E-state index contributed by atoms with van der Waals surface area (Å²) in [6, 6.07) is 1.41. The summed E-state index contributed by atoms with van der Waals surface area (Å²) >= 11 is 6.24. The highest BCUT2D eigenvalue weighted by atomic mass is 35.5. The molecule has 1 amide bonds. The molecule has 6 nitrogen and oxygen atoms in total. The Hall–Kier alpha value is -1.95. The highest BCUT2D eigenvalue weighted by Gasteiger charge is 2.48. The van der Waals surface area contributed by atoms with Gasteiger partial charge in [0, 0.05) is 37.4 Å². The molecule has 1 saturated carbocycles. The van der Waals surface area contributed by atoms with E-state index in [1.54, 1.807) is 6.92 Å². The zero-order valence-electron chi connectivity index (χ0n) is 14.9. The molecule has 2 heterocycles. The van der Waals surface area contributed by atoms with E-state index in [0.717, 1.165) is 25.7 Å². The van der Waals surface area contributed by atoms with Gasteiger partial charge in [0.25, 0.3) is 5.79 Å². The summed E-state index contributed by atoms with van der Waals surface area (Å²) in [6.45, 7) is 4.97. The number of carbonyl (C=O) groups excluding carboxylic acids is 1. The van der Waals surface area contributed by atoms with Crippen molar-refractivity contribution in [3.8, 4) is 11.5 Å². The van der Waals surface area contributed by atoms with E-state index in [9.17, 15) is 14.7 Å². The molecule has 2 fully saturated rings. The van der Waals surface area contributed by atoms with Crippen LogP contribution >= 0.6 is 11.6 Å². The van der Waals surface area contributed by atoms with Crippen LogP contribution in [-0.2, 0) is 4.79 Å². The maximum atomic E-state index is 12.2. The van der Waals surface area contributed by atoms with Crippen molar-refractivity contribution in [1.82, 2.24) is 4.90 Å². The Labute approximate surface area is 157 Å². The van der Waals surface area contributed by atoms with Crippen molar-refractivity contribution in [1.29, 1.82) is 0 Å². The molecule has 1 atom stereocenters. The van der Waals surface area contributed by atoms with E-state index >= 15 is 0 Å². The van der Waals surface area contributed by atoms with Crippen molar-refractivity contribution < 1.29 is 24.2 Å². The Morgan fingerprint density at radius 2 is 1.81 bits per heavy atom. The lowest BCUT2D eigenvalue weighted by Gasteiger charge is -2.38. The average molecular weight is 380 g/mol. The first-order chi connectivity index (χ1) is 12.3. The Balaban J connectivity index is 1.51. The number of hydrogen-bond acceptors (Lipinski definition) is 4. The van der Waals surface area contributed by atoms with E-state index < -0.39 is 11.8 Å². The van der Waals surface area contributed by atoms with Gasteiger partial charge in [-0.25, -0.2) is 4.79 Å². The van der Waals surface area contributed by atoms with Crippen molar-refractivity contribution in [2.24, 2.45) is 11.8 Å². The molecule has 7 heteroatoms. The number of carbonyl (C=O) groups is 2. The van der Waals surface area contributed by atoms with Crippen molar-refractivity contribution in [2.75, 3.05) is 13.1 Å². The summed E-state index contributed by atoms with van der Waals surface area (Å²) in [5.41, 5.74) is 0.633. The number of rotatable bonds is 3. The first-order valence-electron chi connectivity index (χ1n) is 9.03. The summed E-state index contributed by atoms with van der Waals surface area (Å²) in [5, 5.41) is 9.58. The molecule has 0 bridgehead atoms. The number of amides is 1. The smallest absolute Gasteiger partial charge is 0.336 e. The van der Waals surface area contributed by atoms with Crippen molar-refractivity contribution in [2.45, 2.75) is 45.3 Å². The van der Waals surface area contributed by atoms with Gasteiger partial charge in [-0.15, -0.1) is 0 Å². The quantitative estimate of drug-likeness (QED) is 0.870.